The number of thiophene rings is 1. The monoisotopic (exact) mass is 466 g/mol. The van der Waals surface area contributed by atoms with Gasteiger partial charge in [0.1, 0.15) is 11.4 Å². The van der Waals surface area contributed by atoms with Crippen LogP contribution in [-0.4, -0.2) is 51.3 Å². The Morgan fingerprint density at radius 3 is 2.48 bits per heavy atom. The van der Waals surface area contributed by atoms with Crippen molar-refractivity contribution in [3.8, 4) is 0 Å². The van der Waals surface area contributed by atoms with Crippen molar-refractivity contribution >= 4 is 33.4 Å². The molecule has 0 saturated carbocycles. The summed E-state index contributed by atoms with van der Waals surface area (Å²) in [5.41, 5.74) is 1.39. The molecule has 2 amide bonds. The van der Waals surface area contributed by atoms with Crippen molar-refractivity contribution < 1.29 is 9.59 Å². The van der Waals surface area contributed by atoms with E-state index in [1.807, 2.05) is 35.2 Å². The Hall–Kier alpha value is -3.00. The van der Waals surface area contributed by atoms with Gasteiger partial charge in [0.05, 0.1) is 16.6 Å². The third-order valence-electron chi connectivity index (χ3n) is 6.25. The standard InChI is InChI=1S/C25H30N4O3S/c1-16-10-17(2)12-28(11-16)20(30)14-29-15-26-23-21(24(29)31)18(3)22(33-23)25(32)27(4)13-19-8-6-5-7-9-19/h5-9,15-17H,10-14H2,1-4H3. The average molecular weight is 467 g/mol. The van der Waals surface area contributed by atoms with Crippen LogP contribution in [0.15, 0.2) is 41.5 Å². The number of aryl methyl sites for hydroxylation is 1. The van der Waals surface area contributed by atoms with Gasteiger partial charge in [-0.25, -0.2) is 4.98 Å². The van der Waals surface area contributed by atoms with Gasteiger partial charge in [-0.3, -0.25) is 19.0 Å². The molecule has 1 fully saturated rings. The lowest BCUT2D eigenvalue weighted by Crippen LogP contribution is -2.44. The number of piperidine rings is 1. The third kappa shape index (κ3) is 4.85. The van der Waals surface area contributed by atoms with Gasteiger partial charge in [0.25, 0.3) is 11.5 Å². The molecule has 1 aromatic carbocycles. The van der Waals surface area contributed by atoms with Crippen LogP contribution >= 0.6 is 11.3 Å². The van der Waals surface area contributed by atoms with E-state index >= 15 is 0 Å². The SMILES string of the molecule is Cc1c(C(=O)N(C)Cc2ccccc2)sc2ncn(CC(=O)N3CC(C)CC(C)C3)c(=O)c12. The Morgan fingerprint density at radius 1 is 1.15 bits per heavy atom. The lowest BCUT2D eigenvalue weighted by atomic mass is 9.92. The van der Waals surface area contributed by atoms with Crippen molar-refractivity contribution in [1.82, 2.24) is 19.4 Å². The largest absolute Gasteiger partial charge is 0.341 e. The second kappa shape index (κ2) is 9.47. The number of amides is 2. The minimum absolute atomic E-state index is 0.0340. The van der Waals surface area contributed by atoms with E-state index < -0.39 is 0 Å². The summed E-state index contributed by atoms with van der Waals surface area (Å²) in [5.74, 6) is 0.701. The second-order valence-corrected chi connectivity index (χ2v) is 10.3. The molecule has 2 atom stereocenters. The highest BCUT2D eigenvalue weighted by Crippen LogP contribution is 2.28. The summed E-state index contributed by atoms with van der Waals surface area (Å²) < 4.78 is 1.37. The molecule has 33 heavy (non-hydrogen) atoms. The molecule has 0 spiro atoms. The van der Waals surface area contributed by atoms with Gasteiger partial charge in [-0.15, -0.1) is 11.3 Å². The molecular formula is C25H30N4O3S. The molecule has 2 unspecified atom stereocenters. The van der Waals surface area contributed by atoms with Crippen LogP contribution in [0.25, 0.3) is 10.2 Å². The zero-order valence-corrected chi connectivity index (χ0v) is 20.4. The lowest BCUT2D eigenvalue weighted by molar-refractivity contribution is -0.134. The summed E-state index contributed by atoms with van der Waals surface area (Å²) in [7, 11) is 1.75. The van der Waals surface area contributed by atoms with Crippen molar-refractivity contribution in [1.29, 1.82) is 0 Å². The average Bonchev–Trinajstić information content (AvgIpc) is 3.12. The minimum atomic E-state index is -0.273. The predicted molar refractivity (Wildman–Crippen MR) is 130 cm³/mol. The molecule has 0 aliphatic carbocycles. The third-order valence-corrected chi connectivity index (χ3v) is 7.44. The fourth-order valence-corrected chi connectivity index (χ4v) is 5.82. The van der Waals surface area contributed by atoms with Crippen LogP contribution in [-0.2, 0) is 17.9 Å². The molecular weight excluding hydrogens is 436 g/mol. The highest BCUT2D eigenvalue weighted by molar-refractivity contribution is 7.20. The van der Waals surface area contributed by atoms with Crippen molar-refractivity contribution in [3.63, 3.8) is 0 Å². The maximum absolute atomic E-state index is 13.2. The molecule has 3 heterocycles. The van der Waals surface area contributed by atoms with Gasteiger partial charge >= 0.3 is 0 Å². The number of carbonyl (C=O) groups excluding carboxylic acids is 2. The number of fused-ring (bicyclic) bond motifs is 1. The van der Waals surface area contributed by atoms with Gasteiger partial charge in [0.15, 0.2) is 0 Å². The van der Waals surface area contributed by atoms with E-state index in [0.717, 1.165) is 25.1 Å². The van der Waals surface area contributed by atoms with E-state index in [2.05, 4.69) is 18.8 Å². The number of rotatable bonds is 5. The first kappa shape index (κ1) is 23.2. The first-order valence-corrected chi connectivity index (χ1v) is 12.1. The van der Waals surface area contributed by atoms with Crippen LogP contribution in [0.2, 0.25) is 0 Å². The highest BCUT2D eigenvalue weighted by atomic mass is 32.1. The van der Waals surface area contributed by atoms with Crippen LogP contribution in [0, 0.1) is 18.8 Å². The fourth-order valence-electron chi connectivity index (χ4n) is 4.69. The summed E-state index contributed by atoms with van der Waals surface area (Å²) in [6.07, 6.45) is 2.54. The Labute approximate surface area is 197 Å². The highest BCUT2D eigenvalue weighted by Gasteiger charge is 2.27. The van der Waals surface area contributed by atoms with Gasteiger partial charge in [-0.2, -0.15) is 0 Å². The number of hydrogen-bond acceptors (Lipinski definition) is 5. The molecule has 4 rings (SSSR count). The van der Waals surface area contributed by atoms with E-state index in [4.69, 9.17) is 0 Å². The summed E-state index contributed by atoms with van der Waals surface area (Å²) in [4.78, 5) is 48.2. The van der Waals surface area contributed by atoms with Crippen LogP contribution in [0.3, 0.4) is 0 Å². The zero-order valence-electron chi connectivity index (χ0n) is 19.6. The van der Waals surface area contributed by atoms with Gasteiger partial charge in [0, 0.05) is 26.7 Å². The fraction of sp³-hybridized carbons (Fsp3) is 0.440. The number of aromatic nitrogens is 2. The molecule has 0 bridgehead atoms. The normalized spacial score (nSPS) is 18.5. The van der Waals surface area contributed by atoms with Crippen LogP contribution in [0.4, 0.5) is 0 Å². The molecule has 3 aromatic rings. The molecule has 1 aliphatic rings. The molecule has 1 aliphatic heterocycles. The van der Waals surface area contributed by atoms with Crippen molar-refractivity contribution in [3.05, 3.63) is 63.0 Å². The second-order valence-electron chi connectivity index (χ2n) is 9.31. The van der Waals surface area contributed by atoms with E-state index in [1.54, 1.807) is 18.9 Å². The number of benzene rings is 1. The maximum atomic E-state index is 13.2. The number of hydrogen-bond donors (Lipinski definition) is 0. The molecule has 174 valence electrons. The summed E-state index contributed by atoms with van der Waals surface area (Å²) in [6.45, 7) is 7.97. The van der Waals surface area contributed by atoms with Crippen molar-refractivity contribution in [2.75, 3.05) is 20.1 Å². The topological polar surface area (TPSA) is 75.5 Å². The van der Waals surface area contributed by atoms with Crippen molar-refractivity contribution in [2.45, 2.75) is 40.3 Å². The van der Waals surface area contributed by atoms with Gasteiger partial charge in [-0.05, 0) is 36.3 Å². The van der Waals surface area contributed by atoms with Crippen LogP contribution < -0.4 is 5.56 Å². The molecule has 2 aromatic heterocycles. The Morgan fingerprint density at radius 2 is 1.82 bits per heavy atom. The summed E-state index contributed by atoms with van der Waals surface area (Å²) in [5, 5.41) is 0.423. The van der Waals surface area contributed by atoms with Crippen molar-refractivity contribution in [2.24, 2.45) is 11.8 Å². The van der Waals surface area contributed by atoms with E-state index in [0.29, 0.717) is 39.0 Å². The maximum Gasteiger partial charge on any atom is 0.264 e. The molecule has 8 heteroatoms. The zero-order chi connectivity index (χ0) is 23.7. The minimum Gasteiger partial charge on any atom is -0.341 e. The number of nitrogens with zero attached hydrogens (tertiary/aromatic N) is 4. The molecule has 0 N–H and O–H groups in total. The predicted octanol–water partition coefficient (Wildman–Crippen LogP) is 3.54. The smallest absolute Gasteiger partial charge is 0.264 e. The Kier molecular flexibility index (Phi) is 6.65. The number of likely N-dealkylation sites (tertiary alicyclic amines) is 1. The van der Waals surface area contributed by atoms with E-state index in [-0.39, 0.29) is 23.9 Å². The first-order valence-electron chi connectivity index (χ1n) is 11.3. The molecule has 7 nitrogen and oxygen atoms in total. The van der Waals surface area contributed by atoms with Crippen LogP contribution in [0.1, 0.15) is 41.1 Å². The lowest BCUT2D eigenvalue weighted by Gasteiger charge is -2.35. The Balaban J connectivity index is 1.57. The molecule has 0 radical (unpaired) electrons. The summed E-state index contributed by atoms with van der Waals surface area (Å²) in [6, 6.07) is 9.77. The first-order chi connectivity index (χ1) is 15.7. The molecule has 1 saturated heterocycles. The Bertz CT molecular complexity index is 1220. The number of carbonyl (C=O) groups is 2. The summed E-state index contributed by atoms with van der Waals surface area (Å²) >= 11 is 1.23. The quantitative estimate of drug-likeness (QED) is 0.576. The van der Waals surface area contributed by atoms with E-state index in [1.165, 1.54) is 22.2 Å². The van der Waals surface area contributed by atoms with Crippen LogP contribution in [0.5, 0.6) is 0 Å². The van der Waals surface area contributed by atoms with Gasteiger partial charge in [-0.1, -0.05) is 44.2 Å². The van der Waals surface area contributed by atoms with Gasteiger partial charge < -0.3 is 9.80 Å². The van der Waals surface area contributed by atoms with Gasteiger partial charge in [0.2, 0.25) is 5.91 Å². The van der Waals surface area contributed by atoms with E-state index in [9.17, 15) is 14.4 Å².